The van der Waals surface area contributed by atoms with E-state index in [1.165, 1.54) is 0 Å². The van der Waals surface area contributed by atoms with E-state index in [9.17, 15) is 0 Å². The molecule has 0 atom stereocenters. The second-order valence-corrected chi connectivity index (χ2v) is 6.64. The predicted molar refractivity (Wildman–Crippen MR) is 107 cm³/mol. The van der Waals surface area contributed by atoms with Crippen LogP contribution in [0.4, 0.5) is 0 Å². The summed E-state index contributed by atoms with van der Waals surface area (Å²) in [5.74, 6) is 1.25. The smallest absolute Gasteiger partial charge is 0.180 e. The molecular weight excluding hydrogens is 381 g/mol. The van der Waals surface area contributed by atoms with Crippen LogP contribution in [0.25, 0.3) is 0 Å². The molecule has 0 radical (unpaired) electrons. The maximum absolute atomic E-state index is 6.39. The van der Waals surface area contributed by atoms with E-state index in [4.69, 9.17) is 25.8 Å². The molecule has 0 fully saturated rings. The van der Waals surface area contributed by atoms with Crippen LogP contribution in [0.15, 0.2) is 29.6 Å². The first kappa shape index (κ1) is 22.1. The number of nitrogens with one attached hydrogen (secondary N) is 1. The highest BCUT2D eigenvalue weighted by atomic mass is 35.5. The number of thiophene rings is 1. The third-order valence-electron chi connectivity index (χ3n) is 3.40. The zero-order valence-corrected chi connectivity index (χ0v) is 16.9. The second kappa shape index (κ2) is 12.4. The number of methoxy groups -OCH3 is 1. The molecule has 4 nitrogen and oxygen atoms in total. The maximum atomic E-state index is 6.39. The first-order valence-corrected chi connectivity index (χ1v) is 9.30. The average Bonchev–Trinajstić information content (AvgIpc) is 3.10. The fourth-order valence-corrected chi connectivity index (χ4v) is 3.13. The normalized spacial score (nSPS) is 10.4. The Balaban J connectivity index is 0.00000312. The Labute approximate surface area is 164 Å². The number of hydrogen-bond donors (Lipinski definition) is 1. The molecule has 0 saturated carbocycles. The van der Waals surface area contributed by atoms with E-state index in [2.05, 4.69) is 5.32 Å². The SMILES string of the molecule is CCOCCCNCc1cc(Cl)c(OCc2cccs2)c(OC)c1.Cl. The standard InChI is InChI=1S/C18H24ClNO3S.ClH/c1-3-22-8-5-7-20-12-14-10-16(19)18(17(11-14)21-2)23-13-15-6-4-9-24-15;/h4,6,9-11,20H,3,5,7-8,12-13H2,1-2H3;1H. The molecule has 0 unspecified atom stereocenters. The van der Waals surface area contributed by atoms with Gasteiger partial charge in [-0.2, -0.15) is 0 Å². The van der Waals surface area contributed by atoms with Crippen LogP contribution in [0.1, 0.15) is 23.8 Å². The van der Waals surface area contributed by atoms with Crippen molar-refractivity contribution in [2.75, 3.05) is 26.9 Å². The Morgan fingerprint density at radius 3 is 2.80 bits per heavy atom. The molecule has 1 N–H and O–H groups in total. The van der Waals surface area contributed by atoms with Gasteiger partial charge in [0, 0.05) is 24.6 Å². The molecule has 0 saturated heterocycles. The lowest BCUT2D eigenvalue weighted by atomic mass is 10.2. The average molecular weight is 406 g/mol. The van der Waals surface area contributed by atoms with Crippen molar-refractivity contribution in [2.24, 2.45) is 0 Å². The highest BCUT2D eigenvalue weighted by Gasteiger charge is 2.12. The lowest BCUT2D eigenvalue weighted by molar-refractivity contribution is 0.144. The van der Waals surface area contributed by atoms with Gasteiger partial charge in [0.25, 0.3) is 0 Å². The topological polar surface area (TPSA) is 39.7 Å². The van der Waals surface area contributed by atoms with E-state index in [-0.39, 0.29) is 12.4 Å². The van der Waals surface area contributed by atoms with Crippen LogP contribution in [-0.2, 0) is 17.9 Å². The summed E-state index contributed by atoms with van der Waals surface area (Å²) in [6, 6.07) is 7.92. The van der Waals surface area contributed by atoms with Crippen LogP contribution in [-0.4, -0.2) is 26.9 Å². The van der Waals surface area contributed by atoms with E-state index < -0.39 is 0 Å². The Kier molecular flexibility index (Phi) is 10.9. The highest BCUT2D eigenvalue weighted by molar-refractivity contribution is 7.09. The van der Waals surface area contributed by atoms with E-state index in [1.54, 1.807) is 18.4 Å². The van der Waals surface area contributed by atoms with Crippen LogP contribution in [0.3, 0.4) is 0 Å². The van der Waals surface area contributed by atoms with Gasteiger partial charge in [0.15, 0.2) is 11.5 Å². The van der Waals surface area contributed by atoms with Crippen LogP contribution in [0.5, 0.6) is 11.5 Å². The lowest BCUT2D eigenvalue weighted by Gasteiger charge is -2.14. The summed E-state index contributed by atoms with van der Waals surface area (Å²) in [6.45, 7) is 5.67. The molecule has 0 aliphatic rings. The van der Waals surface area contributed by atoms with Gasteiger partial charge >= 0.3 is 0 Å². The van der Waals surface area contributed by atoms with E-state index in [1.807, 2.05) is 36.6 Å². The van der Waals surface area contributed by atoms with Gasteiger partial charge < -0.3 is 19.5 Å². The predicted octanol–water partition coefficient (Wildman–Crippen LogP) is 4.93. The van der Waals surface area contributed by atoms with Crippen LogP contribution in [0, 0.1) is 0 Å². The van der Waals surface area contributed by atoms with Gasteiger partial charge in [-0.1, -0.05) is 17.7 Å². The highest BCUT2D eigenvalue weighted by Crippen LogP contribution is 2.37. The largest absolute Gasteiger partial charge is 0.493 e. The van der Waals surface area contributed by atoms with Gasteiger partial charge in [0.05, 0.1) is 12.1 Å². The minimum atomic E-state index is 0. The molecular formula is C18H25Cl2NO3S. The first-order valence-electron chi connectivity index (χ1n) is 8.04. The fourth-order valence-electron chi connectivity index (χ4n) is 2.23. The van der Waals surface area contributed by atoms with Crippen molar-refractivity contribution in [1.82, 2.24) is 5.32 Å². The Hall–Kier alpha value is -0.980. The summed E-state index contributed by atoms with van der Waals surface area (Å²) in [5.41, 5.74) is 1.07. The molecule has 0 amide bonds. The number of rotatable bonds is 11. The van der Waals surface area contributed by atoms with Gasteiger partial charge in [-0.15, -0.1) is 23.7 Å². The molecule has 0 aliphatic carbocycles. The Bertz CT molecular complexity index is 609. The molecule has 7 heteroatoms. The third kappa shape index (κ3) is 7.42. The van der Waals surface area contributed by atoms with Crippen molar-refractivity contribution < 1.29 is 14.2 Å². The van der Waals surface area contributed by atoms with Crippen molar-refractivity contribution in [1.29, 1.82) is 0 Å². The number of ether oxygens (including phenoxy) is 3. The second-order valence-electron chi connectivity index (χ2n) is 5.20. The monoisotopic (exact) mass is 405 g/mol. The van der Waals surface area contributed by atoms with E-state index in [0.717, 1.165) is 43.2 Å². The Morgan fingerprint density at radius 1 is 1.28 bits per heavy atom. The van der Waals surface area contributed by atoms with E-state index in [0.29, 0.717) is 23.1 Å². The van der Waals surface area contributed by atoms with Crippen molar-refractivity contribution in [3.05, 3.63) is 45.1 Å². The fraction of sp³-hybridized carbons (Fsp3) is 0.444. The molecule has 25 heavy (non-hydrogen) atoms. The molecule has 0 spiro atoms. The molecule has 1 heterocycles. The summed E-state index contributed by atoms with van der Waals surface area (Å²) < 4.78 is 16.6. The molecule has 0 bridgehead atoms. The summed E-state index contributed by atoms with van der Waals surface area (Å²) in [5, 5.41) is 5.97. The molecule has 2 aromatic rings. The summed E-state index contributed by atoms with van der Waals surface area (Å²) >= 11 is 8.04. The quantitative estimate of drug-likeness (QED) is 0.538. The van der Waals surface area contributed by atoms with Crippen molar-refractivity contribution in [3.63, 3.8) is 0 Å². The van der Waals surface area contributed by atoms with Gasteiger partial charge in [0.1, 0.15) is 6.61 Å². The molecule has 2 rings (SSSR count). The van der Waals surface area contributed by atoms with Crippen LogP contribution < -0.4 is 14.8 Å². The molecule has 1 aromatic heterocycles. The van der Waals surface area contributed by atoms with Crippen molar-refractivity contribution in [2.45, 2.75) is 26.5 Å². The van der Waals surface area contributed by atoms with Gasteiger partial charge in [-0.3, -0.25) is 0 Å². The van der Waals surface area contributed by atoms with Crippen molar-refractivity contribution >= 4 is 35.3 Å². The third-order valence-corrected chi connectivity index (χ3v) is 4.53. The molecule has 0 aliphatic heterocycles. The zero-order valence-electron chi connectivity index (χ0n) is 14.5. The number of halogens is 2. The summed E-state index contributed by atoms with van der Waals surface area (Å²) in [6.07, 6.45) is 0.987. The summed E-state index contributed by atoms with van der Waals surface area (Å²) in [4.78, 5) is 1.15. The first-order chi connectivity index (χ1) is 11.7. The van der Waals surface area contributed by atoms with Crippen LogP contribution in [0.2, 0.25) is 5.02 Å². The molecule has 140 valence electrons. The number of benzene rings is 1. The van der Waals surface area contributed by atoms with Crippen LogP contribution >= 0.6 is 35.3 Å². The van der Waals surface area contributed by atoms with Gasteiger partial charge in [0.2, 0.25) is 0 Å². The zero-order chi connectivity index (χ0) is 17.2. The van der Waals surface area contributed by atoms with Gasteiger partial charge in [-0.05, 0) is 49.0 Å². The van der Waals surface area contributed by atoms with E-state index >= 15 is 0 Å². The Morgan fingerprint density at radius 2 is 2.12 bits per heavy atom. The minimum absolute atomic E-state index is 0. The summed E-state index contributed by atoms with van der Waals surface area (Å²) in [7, 11) is 1.63. The molecule has 1 aromatic carbocycles. The van der Waals surface area contributed by atoms with Crippen molar-refractivity contribution in [3.8, 4) is 11.5 Å². The minimum Gasteiger partial charge on any atom is -0.493 e. The lowest BCUT2D eigenvalue weighted by Crippen LogP contribution is -2.16. The maximum Gasteiger partial charge on any atom is 0.180 e. The number of hydrogen-bond acceptors (Lipinski definition) is 5. The van der Waals surface area contributed by atoms with Gasteiger partial charge in [-0.25, -0.2) is 0 Å².